The lowest BCUT2D eigenvalue weighted by Gasteiger charge is -2.44. The molecule has 2 aliphatic heterocycles. The summed E-state index contributed by atoms with van der Waals surface area (Å²) >= 11 is 1.29. The maximum absolute atomic E-state index is 13.6. The number of rotatable bonds is 2. The van der Waals surface area contributed by atoms with Crippen molar-refractivity contribution in [2.75, 3.05) is 7.11 Å². The van der Waals surface area contributed by atoms with Gasteiger partial charge in [0.2, 0.25) is 5.72 Å². The van der Waals surface area contributed by atoms with Crippen molar-refractivity contribution < 1.29 is 14.3 Å². The quantitative estimate of drug-likeness (QED) is 0.562. The highest BCUT2D eigenvalue weighted by Crippen LogP contribution is 2.47. The third kappa shape index (κ3) is 2.72. The molecule has 8 nitrogen and oxygen atoms in total. The molecule has 2 bridgehead atoms. The molecule has 1 aromatic carbocycles. The molecule has 3 atom stereocenters. The van der Waals surface area contributed by atoms with Crippen LogP contribution in [0.15, 0.2) is 34.1 Å². The molecular formula is C22H22N4O4S. The van der Waals surface area contributed by atoms with E-state index in [2.05, 4.69) is 5.10 Å². The maximum atomic E-state index is 13.6. The largest absolute Gasteiger partial charge is 0.469 e. The van der Waals surface area contributed by atoms with E-state index in [9.17, 15) is 9.59 Å². The molecule has 160 valence electrons. The summed E-state index contributed by atoms with van der Waals surface area (Å²) in [5.74, 6) is -0.618. The Kier molecular flexibility index (Phi) is 4.23. The van der Waals surface area contributed by atoms with Crippen LogP contribution in [0.1, 0.15) is 35.5 Å². The highest BCUT2D eigenvalue weighted by atomic mass is 32.1. The smallest absolute Gasteiger partial charge is 0.317 e. The number of esters is 1. The molecule has 3 aromatic rings. The van der Waals surface area contributed by atoms with Crippen molar-refractivity contribution in [3.63, 3.8) is 0 Å². The first-order chi connectivity index (χ1) is 14.7. The van der Waals surface area contributed by atoms with E-state index < -0.39 is 23.7 Å². The zero-order valence-electron chi connectivity index (χ0n) is 17.9. The lowest BCUT2D eigenvalue weighted by atomic mass is 9.81. The molecule has 0 N–H and O–H groups in total. The van der Waals surface area contributed by atoms with E-state index in [-0.39, 0.29) is 5.56 Å². The van der Waals surface area contributed by atoms with Crippen molar-refractivity contribution in [3.05, 3.63) is 66.5 Å². The van der Waals surface area contributed by atoms with Crippen molar-refractivity contribution in [1.82, 2.24) is 14.3 Å². The summed E-state index contributed by atoms with van der Waals surface area (Å²) in [7, 11) is 3.22. The fraction of sp³-hybridized carbons (Fsp3) is 0.364. The second kappa shape index (κ2) is 6.65. The third-order valence-electron chi connectivity index (χ3n) is 6.18. The van der Waals surface area contributed by atoms with Gasteiger partial charge in [0.1, 0.15) is 11.7 Å². The fourth-order valence-corrected chi connectivity index (χ4v) is 5.64. The molecule has 5 rings (SSSR count). The fourth-order valence-electron chi connectivity index (χ4n) is 4.56. The molecule has 0 aliphatic carbocycles. The Morgan fingerprint density at radius 1 is 1.32 bits per heavy atom. The molecule has 2 aliphatic rings. The predicted molar refractivity (Wildman–Crippen MR) is 115 cm³/mol. The predicted octanol–water partition coefficient (Wildman–Crippen LogP) is 1.21. The number of para-hydroxylation sites is 1. The van der Waals surface area contributed by atoms with Crippen LogP contribution >= 0.6 is 11.3 Å². The normalized spacial score (nSPS) is 24.1. The molecule has 0 saturated carbocycles. The average Bonchev–Trinajstić information content (AvgIpc) is 3.16. The topological polar surface area (TPSA) is 87.7 Å². The van der Waals surface area contributed by atoms with Gasteiger partial charge in [-0.25, -0.2) is 4.99 Å². The van der Waals surface area contributed by atoms with Crippen LogP contribution in [0.4, 0.5) is 0 Å². The summed E-state index contributed by atoms with van der Waals surface area (Å²) in [4.78, 5) is 31.7. The molecule has 0 saturated heterocycles. The van der Waals surface area contributed by atoms with Gasteiger partial charge in [0.15, 0.2) is 4.80 Å². The van der Waals surface area contributed by atoms with E-state index in [0.717, 1.165) is 22.5 Å². The van der Waals surface area contributed by atoms with Gasteiger partial charge >= 0.3 is 5.97 Å². The molecule has 4 heterocycles. The van der Waals surface area contributed by atoms with Crippen molar-refractivity contribution in [2.24, 2.45) is 18.0 Å². The van der Waals surface area contributed by atoms with Gasteiger partial charge in [-0.15, -0.1) is 0 Å². The van der Waals surface area contributed by atoms with Crippen LogP contribution in [0.5, 0.6) is 5.75 Å². The first-order valence-electron chi connectivity index (χ1n) is 9.94. The van der Waals surface area contributed by atoms with Crippen molar-refractivity contribution >= 4 is 23.4 Å². The van der Waals surface area contributed by atoms with Crippen LogP contribution in [0.2, 0.25) is 0 Å². The van der Waals surface area contributed by atoms with Gasteiger partial charge in [0.25, 0.3) is 5.56 Å². The Balaban J connectivity index is 1.82. The summed E-state index contributed by atoms with van der Waals surface area (Å²) in [6.45, 7) is 5.65. The van der Waals surface area contributed by atoms with Crippen LogP contribution in [0.3, 0.4) is 0 Å². The van der Waals surface area contributed by atoms with Crippen LogP contribution in [0.25, 0.3) is 6.08 Å². The number of thiazole rings is 1. The molecule has 0 spiro atoms. The molecule has 0 unspecified atom stereocenters. The van der Waals surface area contributed by atoms with Gasteiger partial charge < -0.3 is 9.47 Å². The number of aromatic nitrogens is 3. The molecule has 0 amide bonds. The summed E-state index contributed by atoms with van der Waals surface area (Å²) in [5, 5.41) is 4.44. The lowest BCUT2D eigenvalue weighted by molar-refractivity contribution is -0.158. The van der Waals surface area contributed by atoms with Gasteiger partial charge in [0.05, 0.1) is 23.4 Å². The first-order valence-corrected chi connectivity index (χ1v) is 10.8. The third-order valence-corrected chi connectivity index (χ3v) is 7.16. The van der Waals surface area contributed by atoms with Crippen LogP contribution in [-0.4, -0.2) is 33.2 Å². The molecule has 2 aromatic heterocycles. The minimum Gasteiger partial charge on any atom is -0.469 e. The highest BCUT2D eigenvalue weighted by molar-refractivity contribution is 7.07. The first kappa shape index (κ1) is 19.7. The van der Waals surface area contributed by atoms with E-state index in [4.69, 9.17) is 14.5 Å². The number of nitrogens with zero attached hydrogens (tertiary/aromatic N) is 4. The average molecular weight is 439 g/mol. The van der Waals surface area contributed by atoms with Gasteiger partial charge in [-0.05, 0) is 32.9 Å². The zero-order valence-corrected chi connectivity index (χ0v) is 18.7. The maximum Gasteiger partial charge on any atom is 0.317 e. The van der Waals surface area contributed by atoms with E-state index >= 15 is 0 Å². The minimum atomic E-state index is -1.17. The number of aryl methyl sites for hydroxylation is 2. The summed E-state index contributed by atoms with van der Waals surface area (Å²) in [5.41, 5.74) is 2.14. The van der Waals surface area contributed by atoms with Crippen molar-refractivity contribution in [2.45, 2.75) is 32.5 Å². The molecule has 0 fully saturated rings. The number of hydrogen-bond acceptors (Lipinski definition) is 7. The SMILES string of the molecule is COC(=O)[C@H]1[C@@H]2c3ccccc3O[C@]1(C)N=c1s/c(=C\c3c(C)nn(C)c3C)c(=O)n12. The zero-order chi connectivity index (χ0) is 22.1. The van der Waals surface area contributed by atoms with Gasteiger partial charge in [-0.1, -0.05) is 29.5 Å². The van der Waals surface area contributed by atoms with E-state index in [0.29, 0.717) is 15.1 Å². The van der Waals surface area contributed by atoms with Gasteiger partial charge in [-0.2, -0.15) is 5.10 Å². The molecule has 31 heavy (non-hydrogen) atoms. The van der Waals surface area contributed by atoms with Crippen LogP contribution in [-0.2, 0) is 16.6 Å². The monoisotopic (exact) mass is 438 g/mol. The summed E-state index contributed by atoms with van der Waals surface area (Å²) in [6.07, 6.45) is 1.86. The number of hydrogen-bond donors (Lipinski definition) is 0. The van der Waals surface area contributed by atoms with E-state index in [1.165, 1.54) is 18.4 Å². The Morgan fingerprint density at radius 3 is 2.74 bits per heavy atom. The Morgan fingerprint density at radius 2 is 2.06 bits per heavy atom. The summed E-state index contributed by atoms with van der Waals surface area (Å²) < 4.78 is 15.2. The highest BCUT2D eigenvalue weighted by Gasteiger charge is 2.55. The number of ether oxygens (including phenoxy) is 2. The number of methoxy groups -OCH3 is 1. The second-order valence-electron chi connectivity index (χ2n) is 8.03. The number of fused-ring (bicyclic) bond motifs is 6. The standard InChI is InChI=1S/C22H22N4O4S/c1-11-14(12(2)25(4)24-11)10-16-19(27)26-18-13-8-6-7-9-15(13)30-22(3,23-21(26)31-16)17(18)20(28)29-5/h6-10,17-18H,1-5H3/b16-10-/t17-,18+,22+/m1/s1. The van der Waals surface area contributed by atoms with Crippen molar-refractivity contribution in [3.8, 4) is 5.75 Å². The van der Waals surface area contributed by atoms with Gasteiger partial charge in [-0.3, -0.25) is 18.8 Å². The van der Waals surface area contributed by atoms with Gasteiger partial charge in [0, 0.05) is 23.9 Å². The number of carbonyl (C=O) groups is 1. The Hall–Kier alpha value is -3.20. The van der Waals surface area contributed by atoms with Crippen molar-refractivity contribution in [1.29, 1.82) is 0 Å². The lowest BCUT2D eigenvalue weighted by Crippen LogP contribution is -2.58. The number of benzene rings is 1. The Labute approximate surface area is 182 Å². The number of carbonyl (C=O) groups excluding carboxylic acids is 1. The molecular weight excluding hydrogens is 416 g/mol. The van der Waals surface area contributed by atoms with E-state index in [1.807, 2.05) is 51.2 Å². The molecule has 9 heteroatoms. The second-order valence-corrected chi connectivity index (χ2v) is 9.04. The Bertz CT molecular complexity index is 1420. The summed E-state index contributed by atoms with van der Waals surface area (Å²) in [6, 6.07) is 6.89. The minimum absolute atomic E-state index is 0.191. The molecule has 0 radical (unpaired) electrons. The van der Waals surface area contributed by atoms with Crippen LogP contribution in [0, 0.1) is 19.8 Å². The van der Waals surface area contributed by atoms with Crippen LogP contribution < -0.4 is 19.6 Å². The van der Waals surface area contributed by atoms with E-state index in [1.54, 1.807) is 16.2 Å².